The molecule has 8 heteroatoms. The molecule has 0 aliphatic rings. The second kappa shape index (κ2) is 7.54. The Morgan fingerprint density at radius 3 is 2.52 bits per heavy atom. The minimum absolute atomic E-state index is 0.00844. The summed E-state index contributed by atoms with van der Waals surface area (Å²) in [5.41, 5.74) is 1.94. The van der Waals surface area contributed by atoms with Crippen molar-refractivity contribution in [2.75, 3.05) is 11.9 Å². The molecular formula is C17H16FN5O2. The molecular weight excluding hydrogens is 325 g/mol. The van der Waals surface area contributed by atoms with Crippen LogP contribution in [0.5, 0.6) is 0 Å². The third kappa shape index (κ3) is 4.39. The summed E-state index contributed by atoms with van der Waals surface area (Å²) in [5.74, 6) is -0.379. The van der Waals surface area contributed by atoms with Gasteiger partial charge < -0.3 is 15.7 Å². The smallest absolute Gasteiger partial charge is 0.319 e. The summed E-state index contributed by atoms with van der Waals surface area (Å²) < 4.78 is 14.5. The van der Waals surface area contributed by atoms with E-state index in [9.17, 15) is 14.3 Å². The zero-order chi connectivity index (χ0) is 17.6. The van der Waals surface area contributed by atoms with Gasteiger partial charge in [0.05, 0.1) is 24.2 Å². The Bertz CT molecular complexity index is 819. The van der Waals surface area contributed by atoms with Gasteiger partial charge in [-0.1, -0.05) is 17.3 Å². The molecule has 0 radical (unpaired) electrons. The highest BCUT2D eigenvalue weighted by atomic mass is 19.1. The van der Waals surface area contributed by atoms with Gasteiger partial charge in [-0.2, -0.15) is 0 Å². The molecule has 3 rings (SSSR count). The highest BCUT2D eigenvalue weighted by Gasteiger charge is 2.10. The van der Waals surface area contributed by atoms with Crippen molar-refractivity contribution in [1.82, 2.24) is 20.3 Å². The molecule has 0 saturated carbocycles. The molecule has 0 unspecified atom stereocenters. The number of nitrogens with zero attached hydrogens (tertiary/aromatic N) is 3. The standard InChI is InChI=1S/C17H16FN5O2/c18-13-3-1-12(2-4-13)16(24)11-19-17(25)21-14-5-7-15(8-6-14)23-10-9-20-22-23/h1-10,16,24H,11H2,(H2,19,21,25)/t16-/m1/s1. The maximum Gasteiger partial charge on any atom is 0.319 e. The Labute approximate surface area is 143 Å². The molecule has 7 nitrogen and oxygen atoms in total. The predicted octanol–water partition coefficient (Wildman–Crippen LogP) is 2.26. The second-order valence-electron chi connectivity index (χ2n) is 5.30. The Kier molecular flexibility index (Phi) is 5.00. The fraction of sp³-hybridized carbons (Fsp3) is 0.118. The van der Waals surface area contributed by atoms with Crippen molar-refractivity contribution in [1.29, 1.82) is 0 Å². The first-order chi connectivity index (χ1) is 12.1. The Hall–Kier alpha value is -3.26. The number of benzene rings is 2. The van der Waals surface area contributed by atoms with E-state index in [1.807, 2.05) is 0 Å². The average molecular weight is 341 g/mol. The molecule has 1 aromatic heterocycles. The minimum Gasteiger partial charge on any atom is -0.387 e. The first-order valence-corrected chi connectivity index (χ1v) is 7.57. The molecule has 2 aromatic carbocycles. The lowest BCUT2D eigenvalue weighted by Gasteiger charge is -2.13. The molecule has 0 bridgehead atoms. The molecule has 1 heterocycles. The maximum atomic E-state index is 12.9. The largest absolute Gasteiger partial charge is 0.387 e. The molecule has 2 amide bonds. The summed E-state index contributed by atoms with van der Waals surface area (Å²) in [6.07, 6.45) is 2.37. The number of aliphatic hydroxyl groups excluding tert-OH is 1. The van der Waals surface area contributed by atoms with Gasteiger partial charge in [0, 0.05) is 12.2 Å². The fourth-order valence-corrected chi connectivity index (χ4v) is 2.21. The molecule has 0 aliphatic heterocycles. The number of halogens is 1. The summed E-state index contributed by atoms with van der Waals surface area (Å²) >= 11 is 0. The molecule has 1 atom stereocenters. The van der Waals surface area contributed by atoms with Crippen LogP contribution in [0.2, 0.25) is 0 Å². The lowest BCUT2D eigenvalue weighted by molar-refractivity contribution is 0.175. The number of amides is 2. The Balaban J connectivity index is 1.51. The summed E-state index contributed by atoms with van der Waals surface area (Å²) in [6, 6.07) is 12.1. The molecule has 0 aliphatic carbocycles. The molecule has 0 saturated heterocycles. The van der Waals surface area contributed by atoms with E-state index in [1.165, 1.54) is 24.3 Å². The SMILES string of the molecule is O=C(NC[C@@H](O)c1ccc(F)cc1)Nc1ccc(-n2ccnn2)cc1. The lowest BCUT2D eigenvalue weighted by atomic mass is 10.1. The van der Waals surface area contributed by atoms with E-state index < -0.39 is 12.1 Å². The van der Waals surface area contributed by atoms with Crippen LogP contribution in [-0.2, 0) is 0 Å². The van der Waals surface area contributed by atoms with Crippen LogP contribution < -0.4 is 10.6 Å². The highest BCUT2D eigenvalue weighted by molar-refractivity contribution is 5.89. The van der Waals surface area contributed by atoms with Crippen molar-refractivity contribution in [2.45, 2.75) is 6.10 Å². The van der Waals surface area contributed by atoms with Crippen molar-refractivity contribution in [3.63, 3.8) is 0 Å². The highest BCUT2D eigenvalue weighted by Crippen LogP contribution is 2.14. The summed E-state index contributed by atoms with van der Waals surface area (Å²) in [6.45, 7) is 0.00844. The molecule has 128 valence electrons. The van der Waals surface area contributed by atoms with Gasteiger partial charge >= 0.3 is 6.03 Å². The molecule has 3 aromatic rings. The number of hydrogen-bond donors (Lipinski definition) is 3. The number of rotatable bonds is 5. The normalized spacial score (nSPS) is 11.8. The molecule has 25 heavy (non-hydrogen) atoms. The number of urea groups is 1. The summed E-state index contributed by atoms with van der Waals surface area (Å²) in [4.78, 5) is 11.9. The number of aromatic nitrogens is 3. The van der Waals surface area contributed by atoms with E-state index in [2.05, 4.69) is 20.9 Å². The van der Waals surface area contributed by atoms with Crippen molar-refractivity contribution in [2.24, 2.45) is 0 Å². The van der Waals surface area contributed by atoms with Crippen molar-refractivity contribution >= 4 is 11.7 Å². The number of carbonyl (C=O) groups excluding carboxylic acids is 1. The van der Waals surface area contributed by atoms with Crippen molar-refractivity contribution < 1.29 is 14.3 Å². The summed E-state index contributed by atoms with van der Waals surface area (Å²) in [7, 11) is 0. The van der Waals surface area contributed by atoms with Crippen LogP contribution in [0, 0.1) is 5.82 Å². The van der Waals surface area contributed by atoms with Crippen LogP contribution >= 0.6 is 0 Å². The minimum atomic E-state index is -0.916. The lowest BCUT2D eigenvalue weighted by Crippen LogP contribution is -2.32. The molecule has 0 fully saturated rings. The van der Waals surface area contributed by atoms with E-state index in [0.717, 1.165) is 5.69 Å². The van der Waals surface area contributed by atoms with Gasteiger partial charge in [-0.15, -0.1) is 5.10 Å². The first-order valence-electron chi connectivity index (χ1n) is 7.57. The van der Waals surface area contributed by atoms with E-state index >= 15 is 0 Å². The fourth-order valence-electron chi connectivity index (χ4n) is 2.21. The number of carbonyl (C=O) groups is 1. The zero-order valence-corrected chi connectivity index (χ0v) is 13.1. The van der Waals surface area contributed by atoms with Crippen LogP contribution in [-0.4, -0.2) is 32.7 Å². The average Bonchev–Trinajstić information content (AvgIpc) is 3.15. The van der Waals surface area contributed by atoms with Crippen molar-refractivity contribution in [3.05, 3.63) is 72.3 Å². The predicted molar refractivity (Wildman–Crippen MR) is 89.7 cm³/mol. The van der Waals surface area contributed by atoms with E-state index in [0.29, 0.717) is 11.3 Å². The second-order valence-corrected chi connectivity index (χ2v) is 5.30. The van der Waals surface area contributed by atoms with Gasteiger partial charge in [0.15, 0.2) is 0 Å². The number of anilines is 1. The quantitative estimate of drug-likeness (QED) is 0.664. The van der Waals surface area contributed by atoms with Gasteiger partial charge in [0.2, 0.25) is 0 Å². The third-order valence-corrected chi connectivity index (χ3v) is 3.52. The van der Waals surface area contributed by atoms with Crippen LogP contribution in [0.1, 0.15) is 11.7 Å². The Morgan fingerprint density at radius 1 is 1.16 bits per heavy atom. The zero-order valence-electron chi connectivity index (χ0n) is 13.1. The monoisotopic (exact) mass is 341 g/mol. The van der Waals surface area contributed by atoms with E-state index in [-0.39, 0.29) is 12.4 Å². The molecule has 3 N–H and O–H groups in total. The van der Waals surface area contributed by atoms with Gasteiger partial charge in [-0.3, -0.25) is 0 Å². The van der Waals surface area contributed by atoms with Crippen LogP contribution in [0.4, 0.5) is 14.9 Å². The van der Waals surface area contributed by atoms with Gasteiger partial charge in [0.25, 0.3) is 0 Å². The Morgan fingerprint density at radius 2 is 1.88 bits per heavy atom. The van der Waals surface area contributed by atoms with Crippen molar-refractivity contribution in [3.8, 4) is 5.69 Å². The number of nitrogens with one attached hydrogen (secondary N) is 2. The van der Waals surface area contributed by atoms with Crippen LogP contribution in [0.3, 0.4) is 0 Å². The first kappa shape index (κ1) is 16.6. The summed E-state index contributed by atoms with van der Waals surface area (Å²) in [5, 5.41) is 22.8. The topological polar surface area (TPSA) is 92.1 Å². The maximum absolute atomic E-state index is 12.9. The van der Waals surface area contributed by atoms with Gasteiger partial charge in [-0.25, -0.2) is 13.9 Å². The van der Waals surface area contributed by atoms with Crippen LogP contribution in [0.25, 0.3) is 5.69 Å². The number of hydrogen-bond acceptors (Lipinski definition) is 4. The molecule has 0 spiro atoms. The third-order valence-electron chi connectivity index (χ3n) is 3.52. The van der Waals surface area contributed by atoms with Gasteiger partial charge in [-0.05, 0) is 42.0 Å². The van der Waals surface area contributed by atoms with E-state index in [1.54, 1.807) is 41.3 Å². The number of aliphatic hydroxyl groups is 1. The van der Waals surface area contributed by atoms with Crippen LogP contribution in [0.15, 0.2) is 60.9 Å². The van der Waals surface area contributed by atoms with E-state index in [4.69, 9.17) is 0 Å². The van der Waals surface area contributed by atoms with Gasteiger partial charge in [0.1, 0.15) is 5.82 Å².